The fourth-order valence-electron chi connectivity index (χ4n) is 4.01. The van der Waals surface area contributed by atoms with E-state index in [2.05, 4.69) is 16.9 Å². The smallest absolute Gasteiger partial charge is 0.239 e. The van der Waals surface area contributed by atoms with Crippen LogP contribution < -0.4 is 5.32 Å². The minimum atomic E-state index is -0.358. The molecule has 1 aromatic rings. The van der Waals surface area contributed by atoms with Gasteiger partial charge in [-0.05, 0) is 18.4 Å². The van der Waals surface area contributed by atoms with Crippen molar-refractivity contribution in [1.29, 1.82) is 0 Å². The zero-order chi connectivity index (χ0) is 24.9. The molecule has 188 valence electrons. The van der Waals surface area contributed by atoms with Gasteiger partial charge < -0.3 is 19.9 Å². The Balaban J connectivity index is 2.22. The molecule has 1 aliphatic heterocycles. The van der Waals surface area contributed by atoms with Gasteiger partial charge in [-0.15, -0.1) is 6.58 Å². The second kappa shape index (κ2) is 14.5. The summed E-state index contributed by atoms with van der Waals surface area (Å²) in [6.45, 7) is 8.21. The number of ether oxygens (including phenoxy) is 1. The van der Waals surface area contributed by atoms with E-state index < -0.39 is 0 Å². The van der Waals surface area contributed by atoms with Gasteiger partial charge in [0, 0.05) is 60.3 Å². The molecule has 1 unspecified atom stereocenters. The average Bonchev–Trinajstić information content (AvgIpc) is 2.81. The van der Waals surface area contributed by atoms with Crippen molar-refractivity contribution < 1.29 is 19.1 Å². The van der Waals surface area contributed by atoms with Crippen LogP contribution in [0.3, 0.4) is 0 Å². The minimum Gasteiger partial charge on any atom is -0.385 e. The number of rotatable bonds is 14. The van der Waals surface area contributed by atoms with E-state index >= 15 is 0 Å². The molecule has 1 atom stereocenters. The molecule has 2 rings (SSSR count). The van der Waals surface area contributed by atoms with Gasteiger partial charge in [-0.1, -0.05) is 36.4 Å². The second-order valence-corrected chi connectivity index (χ2v) is 8.46. The number of benzene rings is 1. The number of hydrazine groups is 1. The first-order chi connectivity index (χ1) is 16.4. The average molecular weight is 474 g/mol. The SMILES string of the molecule is C=CCCC(=O)NCCN1C(=O)CN(C)N(Cc2ccccc2)C1CN(CCCOC)C(C)=O. The minimum absolute atomic E-state index is 0.0301. The van der Waals surface area contributed by atoms with Crippen LogP contribution in [0.1, 0.15) is 31.7 Å². The van der Waals surface area contributed by atoms with E-state index in [0.29, 0.717) is 58.6 Å². The molecule has 0 aliphatic carbocycles. The number of nitrogens with zero attached hydrogens (tertiary/aromatic N) is 4. The molecular weight excluding hydrogens is 434 g/mol. The van der Waals surface area contributed by atoms with Crippen molar-refractivity contribution in [3.05, 3.63) is 48.6 Å². The number of amides is 3. The summed E-state index contributed by atoms with van der Waals surface area (Å²) in [5.41, 5.74) is 1.11. The first kappa shape index (κ1) is 27.5. The highest BCUT2D eigenvalue weighted by molar-refractivity contribution is 5.80. The van der Waals surface area contributed by atoms with Crippen LogP contribution in [-0.4, -0.2) is 97.2 Å². The first-order valence-electron chi connectivity index (χ1n) is 11.8. The summed E-state index contributed by atoms with van der Waals surface area (Å²) in [4.78, 5) is 41.1. The van der Waals surface area contributed by atoms with Crippen molar-refractivity contribution >= 4 is 17.7 Å². The summed E-state index contributed by atoms with van der Waals surface area (Å²) in [7, 11) is 3.53. The molecule has 0 radical (unpaired) electrons. The summed E-state index contributed by atoms with van der Waals surface area (Å²) >= 11 is 0. The van der Waals surface area contributed by atoms with Crippen molar-refractivity contribution in [3.63, 3.8) is 0 Å². The highest BCUT2D eigenvalue weighted by atomic mass is 16.5. The Bertz CT molecular complexity index is 804. The van der Waals surface area contributed by atoms with Gasteiger partial charge in [-0.25, -0.2) is 10.0 Å². The predicted octanol–water partition coefficient (Wildman–Crippen LogP) is 1.47. The summed E-state index contributed by atoms with van der Waals surface area (Å²) in [6, 6.07) is 10.0. The summed E-state index contributed by atoms with van der Waals surface area (Å²) in [6.07, 6.45) is 3.05. The van der Waals surface area contributed by atoms with Crippen molar-refractivity contribution in [3.8, 4) is 0 Å². The van der Waals surface area contributed by atoms with Gasteiger partial charge >= 0.3 is 0 Å². The number of carbonyl (C=O) groups excluding carboxylic acids is 3. The quantitative estimate of drug-likeness (QED) is 0.325. The summed E-state index contributed by atoms with van der Waals surface area (Å²) < 4.78 is 5.15. The zero-order valence-corrected chi connectivity index (χ0v) is 20.7. The molecular formula is C25H39N5O4. The molecule has 1 heterocycles. The molecule has 1 fully saturated rings. The Labute approximate surface area is 203 Å². The van der Waals surface area contributed by atoms with E-state index in [-0.39, 0.29) is 30.4 Å². The van der Waals surface area contributed by atoms with E-state index in [9.17, 15) is 14.4 Å². The number of hydrogen-bond acceptors (Lipinski definition) is 6. The van der Waals surface area contributed by atoms with Crippen LogP contribution >= 0.6 is 0 Å². The number of methoxy groups -OCH3 is 1. The fourth-order valence-corrected chi connectivity index (χ4v) is 4.01. The lowest BCUT2D eigenvalue weighted by molar-refractivity contribution is -0.181. The molecule has 34 heavy (non-hydrogen) atoms. The second-order valence-electron chi connectivity index (χ2n) is 8.46. The van der Waals surface area contributed by atoms with E-state index in [1.807, 2.05) is 42.4 Å². The molecule has 1 N–H and O–H groups in total. The third-order valence-electron chi connectivity index (χ3n) is 5.87. The molecule has 0 bridgehead atoms. The lowest BCUT2D eigenvalue weighted by atomic mass is 10.2. The van der Waals surface area contributed by atoms with Gasteiger partial charge in [0.15, 0.2) is 0 Å². The number of allylic oxidation sites excluding steroid dienone is 1. The molecule has 3 amide bonds. The Hall–Kier alpha value is -2.75. The third kappa shape index (κ3) is 8.55. The normalized spacial score (nSPS) is 17.0. The topological polar surface area (TPSA) is 85.4 Å². The Morgan fingerprint density at radius 3 is 2.68 bits per heavy atom. The van der Waals surface area contributed by atoms with Gasteiger partial charge in [-0.2, -0.15) is 0 Å². The largest absolute Gasteiger partial charge is 0.385 e. The van der Waals surface area contributed by atoms with Gasteiger partial charge in [0.1, 0.15) is 6.17 Å². The maximum absolute atomic E-state index is 13.1. The Kier molecular flexibility index (Phi) is 11.7. The van der Waals surface area contributed by atoms with Gasteiger partial charge in [-0.3, -0.25) is 14.4 Å². The van der Waals surface area contributed by atoms with E-state index in [1.165, 1.54) is 0 Å². The van der Waals surface area contributed by atoms with E-state index in [4.69, 9.17) is 4.74 Å². The van der Waals surface area contributed by atoms with Crippen LogP contribution in [0.15, 0.2) is 43.0 Å². The highest BCUT2D eigenvalue weighted by Crippen LogP contribution is 2.20. The number of hydrogen-bond donors (Lipinski definition) is 1. The van der Waals surface area contributed by atoms with Crippen LogP contribution in [0.25, 0.3) is 0 Å². The highest BCUT2D eigenvalue weighted by Gasteiger charge is 2.38. The molecule has 1 saturated heterocycles. The number of likely N-dealkylation sites (N-methyl/N-ethyl adjacent to an activating group) is 1. The van der Waals surface area contributed by atoms with E-state index in [0.717, 1.165) is 5.56 Å². The van der Waals surface area contributed by atoms with Crippen molar-refractivity contribution in [2.75, 3.05) is 53.5 Å². The zero-order valence-electron chi connectivity index (χ0n) is 20.7. The summed E-state index contributed by atoms with van der Waals surface area (Å²) in [5, 5.41) is 6.94. The van der Waals surface area contributed by atoms with Crippen molar-refractivity contribution in [1.82, 2.24) is 25.1 Å². The predicted molar refractivity (Wildman–Crippen MR) is 131 cm³/mol. The third-order valence-corrected chi connectivity index (χ3v) is 5.87. The van der Waals surface area contributed by atoms with Crippen molar-refractivity contribution in [2.24, 2.45) is 0 Å². The maximum Gasteiger partial charge on any atom is 0.239 e. The molecule has 1 aliphatic rings. The standard InChI is InChI=1S/C25H39N5O4/c1-5-6-13-23(32)26-14-16-29-24(19-28(21(2)31)15-10-17-34-4)30(27(3)20-25(29)33)18-22-11-8-7-9-12-22/h5,7-9,11-12,24H,1,6,10,13-20H2,2-4H3,(H,26,32). The Morgan fingerprint density at radius 1 is 1.29 bits per heavy atom. The van der Waals surface area contributed by atoms with Crippen LogP contribution in [0.4, 0.5) is 0 Å². The van der Waals surface area contributed by atoms with Crippen LogP contribution in [0.5, 0.6) is 0 Å². The molecule has 9 nitrogen and oxygen atoms in total. The Morgan fingerprint density at radius 2 is 2.03 bits per heavy atom. The van der Waals surface area contributed by atoms with Crippen molar-refractivity contribution in [2.45, 2.75) is 38.9 Å². The number of carbonyl (C=O) groups is 3. The number of nitrogens with one attached hydrogen (secondary N) is 1. The van der Waals surface area contributed by atoms with Gasteiger partial charge in [0.2, 0.25) is 17.7 Å². The first-order valence-corrected chi connectivity index (χ1v) is 11.8. The molecule has 1 aromatic carbocycles. The lowest BCUT2D eigenvalue weighted by Gasteiger charge is -2.49. The maximum atomic E-state index is 13.1. The van der Waals surface area contributed by atoms with Gasteiger partial charge in [0.05, 0.1) is 13.1 Å². The molecule has 9 heteroatoms. The molecule has 0 aromatic heterocycles. The van der Waals surface area contributed by atoms with Crippen LogP contribution in [0, 0.1) is 0 Å². The molecule has 0 spiro atoms. The van der Waals surface area contributed by atoms with Crippen LogP contribution in [-0.2, 0) is 25.7 Å². The lowest BCUT2D eigenvalue weighted by Crippen LogP contribution is -2.67. The monoisotopic (exact) mass is 473 g/mol. The summed E-state index contributed by atoms with van der Waals surface area (Å²) in [5.74, 6) is -0.143. The van der Waals surface area contributed by atoms with E-state index in [1.54, 1.807) is 29.9 Å². The van der Waals surface area contributed by atoms with Gasteiger partial charge in [0.25, 0.3) is 0 Å². The fraction of sp³-hybridized carbons (Fsp3) is 0.560. The molecule has 0 saturated carbocycles. The van der Waals surface area contributed by atoms with Crippen LogP contribution in [0.2, 0.25) is 0 Å².